The highest BCUT2D eigenvalue weighted by Gasteiger charge is 2.38. The molecule has 0 fully saturated rings. The van der Waals surface area contributed by atoms with Gasteiger partial charge in [-0.2, -0.15) is 0 Å². The number of carbonyl (C=O) groups is 1. The summed E-state index contributed by atoms with van der Waals surface area (Å²) >= 11 is 6.93. The van der Waals surface area contributed by atoms with E-state index in [9.17, 15) is 4.79 Å². The van der Waals surface area contributed by atoms with Crippen LogP contribution in [-0.4, -0.2) is 28.5 Å². The molecule has 0 saturated carbocycles. The molecule has 1 aromatic rings. The Bertz CT molecular complexity index is 606. The van der Waals surface area contributed by atoms with Crippen molar-refractivity contribution >= 4 is 49.3 Å². The van der Waals surface area contributed by atoms with Gasteiger partial charge in [-0.1, -0.05) is 15.9 Å². The number of imidazole rings is 1. The third kappa shape index (κ3) is 2.18. The zero-order chi connectivity index (χ0) is 13.6. The molecule has 2 unspecified atom stereocenters. The number of nitrogens with one attached hydrogen (secondary N) is 3. The van der Waals surface area contributed by atoms with Crippen LogP contribution in [0.3, 0.4) is 0 Å². The quantitative estimate of drug-likeness (QED) is 0.541. The maximum atomic E-state index is 12.0. The summed E-state index contributed by atoms with van der Waals surface area (Å²) in [5.41, 5.74) is 7.43. The molecule has 1 amide bonds. The van der Waals surface area contributed by atoms with E-state index in [4.69, 9.17) is 5.73 Å². The van der Waals surface area contributed by atoms with Gasteiger partial charge in [-0.05, 0) is 27.6 Å². The topological polar surface area (TPSA) is 95.8 Å². The minimum absolute atomic E-state index is 0.0323. The van der Waals surface area contributed by atoms with Crippen molar-refractivity contribution in [3.05, 3.63) is 27.1 Å². The third-order valence-electron chi connectivity index (χ3n) is 3.19. The molecule has 0 saturated heterocycles. The van der Waals surface area contributed by atoms with Gasteiger partial charge < -0.3 is 21.4 Å². The van der Waals surface area contributed by atoms with Crippen LogP contribution >= 0.6 is 31.9 Å². The zero-order valence-corrected chi connectivity index (χ0v) is 12.9. The van der Waals surface area contributed by atoms with Crippen molar-refractivity contribution in [2.75, 3.05) is 12.3 Å². The fourth-order valence-corrected chi connectivity index (χ4v) is 3.52. The number of halogens is 2. The lowest BCUT2D eigenvalue weighted by atomic mass is 9.91. The molecular weight excluding hydrogens is 378 g/mol. The van der Waals surface area contributed by atoms with Gasteiger partial charge in [0.25, 0.3) is 0 Å². The molecule has 3 rings (SSSR count). The Hall–Kier alpha value is -1.28. The molecule has 1 aromatic heterocycles. The molecule has 0 aromatic carbocycles. The van der Waals surface area contributed by atoms with Crippen molar-refractivity contribution in [3.8, 4) is 0 Å². The summed E-state index contributed by atoms with van der Waals surface area (Å²) in [6.45, 7) is 0.452. The number of anilines is 1. The Morgan fingerprint density at radius 3 is 2.89 bits per heavy atom. The van der Waals surface area contributed by atoms with Crippen LogP contribution in [0.1, 0.15) is 5.69 Å². The number of hydrogen-bond donors (Lipinski definition) is 4. The molecule has 2 aliphatic heterocycles. The van der Waals surface area contributed by atoms with Gasteiger partial charge in [0.05, 0.1) is 16.5 Å². The molecule has 100 valence electrons. The highest BCUT2D eigenvalue weighted by molar-refractivity contribution is 9.12. The van der Waals surface area contributed by atoms with Crippen molar-refractivity contribution in [1.29, 1.82) is 0 Å². The molecule has 2 aliphatic rings. The maximum absolute atomic E-state index is 12.0. The monoisotopic (exact) mass is 387 g/mol. The van der Waals surface area contributed by atoms with E-state index in [2.05, 4.69) is 52.5 Å². The average molecular weight is 389 g/mol. The molecule has 3 heterocycles. The van der Waals surface area contributed by atoms with Crippen molar-refractivity contribution < 1.29 is 4.79 Å². The number of carbonyl (C=O) groups excluding carboxylic acids is 1. The number of nitrogens with zero attached hydrogens (tertiary/aromatic N) is 1. The zero-order valence-electron chi connectivity index (χ0n) is 9.71. The van der Waals surface area contributed by atoms with E-state index in [0.29, 0.717) is 12.5 Å². The highest BCUT2D eigenvalue weighted by Crippen LogP contribution is 2.38. The van der Waals surface area contributed by atoms with E-state index < -0.39 is 0 Å². The molecule has 0 aliphatic carbocycles. The summed E-state index contributed by atoms with van der Waals surface area (Å²) in [7, 11) is 0. The Kier molecular flexibility index (Phi) is 3.14. The molecule has 0 spiro atoms. The smallest absolute Gasteiger partial charge is 0.243 e. The lowest BCUT2D eigenvalue weighted by molar-refractivity contribution is -0.122. The SMILES string of the molecule is Nc1ncc(C2=C(Br)CNC(=O)C3NC(Br)=CC23)[nH]1. The highest BCUT2D eigenvalue weighted by atomic mass is 79.9. The number of aromatic amines is 1. The van der Waals surface area contributed by atoms with Crippen LogP contribution in [0.5, 0.6) is 0 Å². The fourth-order valence-electron chi connectivity index (χ4n) is 2.37. The first-order chi connectivity index (χ1) is 9.06. The summed E-state index contributed by atoms with van der Waals surface area (Å²) in [6, 6.07) is -0.330. The number of fused-ring (bicyclic) bond motifs is 1. The Balaban J connectivity index is 2.10. The number of aromatic nitrogens is 2. The van der Waals surface area contributed by atoms with Gasteiger partial charge >= 0.3 is 0 Å². The number of rotatable bonds is 1. The van der Waals surface area contributed by atoms with Gasteiger partial charge in [-0.15, -0.1) is 0 Å². The molecule has 19 heavy (non-hydrogen) atoms. The van der Waals surface area contributed by atoms with Crippen LogP contribution in [0.25, 0.3) is 5.57 Å². The van der Waals surface area contributed by atoms with Gasteiger partial charge in [0.15, 0.2) is 5.95 Å². The Morgan fingerprint density at radius 2 is 2.21 bits per heavy atom. The Labute approximate surface area is 126 Å². The summed E-state index contributed by atoms with van der Waals surface area (Å²) in [6.07, 6.45) is 3.65. The van der Waals surface area contributed by atoms with Crippen LogP contribution in [0.2, 0.25) is 0 Å². The Morgan fingerprint density at radius 1 is 1.42 bits per heavy atom. The van der Waals surface area contributed by atoms with Crippen LogP contribution in [-0.2, 0) is 4.79 Å². The van der Waals surface area contributed by atoms with Gasteiger partial charge in [0.1, 0.15) is 6.04 Å². The number of H-pyrrole nitrogens is 1. The van der Waals surface area contributed by atoms with Crippen molar-refractivity contribution in [1.82, 2.24) is 20.6 Å². The van der Waals surface area contributed by atoms with E-state index in [1.54, 1.807) is 6.20 Å². The fraction of sp³-hybridized carbons (Fsp3) is 0.273. The van der Waals surface area contributed by atoms with Gasteiger partial charge in [0.2, 0.25) is 5.91 Å². The van der Waals surface area contributed by atoms with Crippen LogP contribution in [0.4, 0.5) is 5.95 Å². The second-order valence-electron chi connectivity index (χ2n) is 4.38. The molecular formula is C11H11Br2N5O. The van der Waals surface area contributed by atoms with Gasteiger partial charge in [-0.3, -0.25) is 4.79 Å². The van der Waals surface area contributed by atoms with Crippen LogP contribution < -0.4 is 16.4 Å². The van der Waals surface area contributed by atoms with E-state index in [1.807, 2.05) is 6.08 Å². The average Bonchev–Trinajstić information content (AvgIpc) is 2.91. The molecule has 8 heteroatoms. The van der Waals surface area contributed by atoms with E-state index >= 15 is 0 Å². The third-order valence-corrected chi connectivity index (χ3v) is 4.39. The van der Waals surface area contributed by atoms with Crippen molar-refractivity contribution in [2.45, 2.75) is 6.04 Å². The normalized spacial score (nSPS) is 26.4. The standard InChI is InChI=1S/C11H11Br2N5O/c12-5-2-15-10(19)9-4(1-7(13)18-9)8(5)6-3-16-11(14)17-6/h1,3-4,9,18H,2H2,(H,15,19)(H3,14,16,17). The number of nitrogens with two attached hydrogens (primary N) is 1. The first kappa shape index (κ1) is 12.7. The second kappa shape index (κ2) is 4.68. The minimum Gasteiger partial charge on any atom is -0.369 e. The summed E-state index contributed by atoms with van der Waals surface area (Å²) in [5.74, 6) is 0.248. The van der Waals surface area contributed by atoms with E-state index in [1.165, 1.54) is 0 Å². The molecule has 0 radical (unpaired) electrons. The van der Waals surface area contributed by atoms with E-state index in [-0.39, 0.29) is 17.9 Å². The van der Waals surface area contributed by atoms with Crippen LogP contribution in [0, 0.1) is 5.92 Å². The molecule has 0 bridgehead atoms. The summed E-state index contributed by atoms with van der Waals surface area (Å²) in [5, 5.41) is 5.98. The molecule has 2 atom stereocenters. The summed E-state index contributed by atoms with van der Waals surface area (Å²) in [4.78, 5) is 19.1. The minimum atomic E-state index is -0.330. The summed E-state index contributed by atoms with van der Waals surface area (Å²) < 4.78 is 1.72. The lowest BCUT2D eigenvalue weighted by Gasteiger charge is -2.18. The predicted molar refractivity (Wildman–Crippen MR) is 79.3 cm³/mol. The molecule has 5 N–H and O–H groups in total. The number of hydrogen-bond acceptors (Lipinski definition) is 4. The molecule has 6 nitrogen and oxygen atoms in total. The number of nitrogen functional groups attached to an aromatic ring is 1. The van der Waals surface area contributed by atoms with Crippen molar-refractivity contribution in [3.63, 3.8) is 0 Å². The first-order valence-electron chi connectivity index (χ1n) is 5.67. The second-order valence-corrected chi connectivity index (χ2v) is 6.19. The van der Waals surface area contributed by atoms with Crippen LogP contribution in [0.15, 0.2) is 21.4 Å². The largest absolute Gasteiger partial charge is 0.369 e. The first-order valence-corrected chi connectivity index (χ1v) is 7.26. The predicted octanol–water partition coefficient (Wildman–Crippen LogP) is 1.05. The maximum Gasteiger partial charge on any atom is 0.243 e. The lowest BCUT2D eigenvalue weighted by Crippen LogP contribution is -2.43. The van der Waals surface area contributed by atoms with Gasteiger partial charge in [0, 0.05) is 16.9 Å². The van der Waals surface area contributed by atoms with Gasteiger partial charge in [-0.25, -0.2) is 4.98 Å². The van der Waals surface area contributed by atoms with Crippen molar-refractivity contribution in [2.24, 2.45) is 5.92 Å². The van der Waals surface area contributed by atoms with E-state index in [0.717, 1.165) is 20.4 Å². The number of amides is 1.